The molecule has 1 saturated heterocycles. The van der Waals surface area contributed by atoms with Crippen molar-refractivity contribution in [1.29, 1.82) is 0 Å². The molecule has 0 saturated carbocycles. The maximum absolute atomic E-state index is 12.8. The first-order valence-electron chi connectivity index (χ1n) is 7.30. The van der Waals surface area contributed by atoms with Gasteiger partial charge in [0.1, 0.15) is 0 Å². The highest BCUT2D eigenvalue weighted by atomic mass is 35.5. The summed E-state index contributed by atoms with van der Waals surface area (Å²) >= 11 is 5.93. The molecule has 0 spiro atoms. The number of benzene rings is 1. The molecule has 1 amide bonds. The fraction of sp³-hybridized carbons (Fsp3) is 0.471. The summed E-state index contributed by atoms with van der Waals surface area (Å²) in [6.45, 7) is 6.08. The van der Waals surface area contributed by atoms with Crippen LogP contribution in [0, 0.1) is 5.41 Å². The summed E-state index contributed by atoms with van der Waals surface area (Å²) in [6.07, 6.45) is 4.18. The maximum Gasteiger partial charge on any atom is 0.229 e. The van der Waals surface area contributed by atoms with Crippen molar-refractivity contribution in [1.82, 2.24) is 4.90 Å². The van der Waals surface area contributed by atoms with E-state index in [0.29, 0.717) is 18.0 Å². The lowest BCUT2D eigenvalue weighted by Crippen LogP contribution is -2.49. The molecule has 1 aliphatic rings. The van der Waals surface area contributed by atoms with E-state index in [0.717, 1.165) is 18.4 Å². The lowest BCUT2D eigenvalue weighted by atomic mass is 9.75. The molecule has 2 rings (SSSR count). The zero-order valence-electron chi connectivity index (χ0n) is 12.4. The van der Waals surface area contributed by atoms with Crippen molar-refractivity contribution in [2.75, 3.05) is 13.2 Å². The number of hydrogen-bond donors (Lipinski definition) is 1. The van der Waals surface area contributed by atoms with Crippen LogP contribution in [0.25, 0.3) is 0 Å². The van der Waals surface area contributed by atoms with Crippen LogP contribution in [0.3, 0.4) is 0 Å². The summed E-state index contributed by atoms with van der Waals surface area (Å²) in [6, 6.07) is 7.62. The monoisotopic (exact) mass is 307 g/mol. The summed E-state index contributed by atoms with van der Waals surface area (Å²) in [4.78, 5) is 14.6. The van der Waals surface area contributed by atoms with Gasteiger partial charge in [-0.2, -0.15) is 0 Å². The molecular formula is C17H22ClNO2. The molecule has 4 heteroatoms. The van der Waals surface area contributed by atoms with Crippen molar-refractivity contribution in [2.45, 2.75) is 32.2 Å². The molecule has 0 bridgehead atoms. The van der Waals surface area contributed by atoms with Gasteiger partial charge in [-0.05, 0) is 37.0 Å². The molecule has 21 heavy (non-hydrogen) atoms. The molecule has 114 valence electrons. The van der Waals surface area contributed by atoms with E-state index in [-0.39, 0.29) is 18.6 Å². The van der Waals surface area contributed by atoms with Crippen LogP contribution in [0.2, 0.25) is 5.02 Å². The SMILES string of the molecule is C=CC[C@@]1(C)CCC(c2ccc(Cl)cc2)N(CCO)C1=O. The molecule has 1 aromatic carbocycles. The Hall–Kier alpha value is -1.32. The molecule has 1 unspecified atom stereocenters. The van der Waals surface area contributed by atoms with Crippen molar-refractivity contribution in [3.05, 3.63) is 47.5 Å². The van der Waals surface area contributed by atoms with Crippen LogP contribution >= 0.6 is 11.6 Å². The summed E-state index contributed by atoms with van der Waals surface area (Å²) in [5, 5.41) is 10.00. The third-order valence-corrected chi connectivity index (χ3v) is 4.57. The molecule has 0 radical (unpaired) electrons. The Morgan fingerprint density at radius 3 is 2.71 bits per heavy atom. The first kappa shape index (κ1) is 16.1. The van der Waals surface area contributed by atoms with Gasteiger partial charge in [-0.25, -0.2) is 0 Å². The minimum Gasteiger partial charge on any atom is -0.395 e. The van der Waals surface area contributed by atoms with Gasteiger partial charge in [0.25, 0.3) is 0 Å². The van der Waals surface area contributed by atoms with E-state index in [2.05, 4.69) is 6.58 Å². The number of aliphatic hydroxyl groups excluding tert-OH is 1. The number of carbonyl (C=O) groups is 1. The van der Waals surface area contributed by atoms with Gasteiger partial charge < -0.3 is 10.0 Å². The van der Waals surface area contributed by atoms with Crippen LogP contribution in [0.5, 0.6) is 0 Å². The number of aliphatic hydroxyl groups is 1. The zero-order valence-corrected chi connectivity index (χ0v) is 13.1. The van der Waals surface area contributed by atoms with Crippen molar-refractivity contribution in [2.24, 2.45) is 5.41 Å². The van der Waals surface area contributed by atoms with E-state index in [1.807, 2.05) is 31.2 Å². The van der Waals surface area contributed by atoms with Crippen molar-refractivity contribution in [3.63, 3.8) is 0 Å². The minimum atomic E-state index is -0.403. The lowest BCUT2D eigenvalue weighted by molar-refractivity contribution is -0.150. The average molecular weight is 308 g/mol. The Morgan fingerprint density at radius 1 is 1.48 bits per heavy atom. The van der Waals surface area contributed by atoms with Crippen LogP contribution < -0.4 is 0 Å². The van der Waals surface area contributed by atoms with E-state index in [9.17, 15) is 9.90 Å². The van der Waals surface area contributed by atoms with Gasteiger partial charge in [0.15, 0.2) is 0 Å². The van der Waals surface area contributed by atoms with Crippen LogP contribution in [-0.2, 0) is 4.79 Å². The number of likely N-dealkylation sites (tertiary alicyclic amines) is 1. The number of nitrogens with zero attached hydrogens (tertiary/aromatic N) is 1. The highest BCUT2D eigenvalue weighted by Gasteiger charge is 2.43. The van der Waals surface area contributed by atoms with Crippen molar-refractivity contribution < 1.29 is 9.90 Å². The Labute approximate surface area is 131 Å². The highest BCUT2D eigenvalue weighted by molar-refractivity contribution is 6.30. The van der Waals surface area contributed by atoms with Gasteiger partial charge in [-0.1, -0.05) is 36.7 Å². The topological polar surface area (TPSA) is 40.5 Å². The predicted molar refractivity (Wildman–Crippen MR) is 85.1 cm³/mol. The predicted octanol–water partition coefficient (Wildman–Crippen LogP) is 3.58. The largest absolute Gasteiger partial charge is 0.395 e. The van der Waals surface area contributed by atoms with Gasteiger partial charge in [0.05, 0.1) is 18.1 Å². The van der Waals surface area contributed by atoms with Gasteiger partial charge in [-0.15, -0.1) is 6.58 Å². The Kier molecular flexibility index (Phi) is 5.07. The second-order valence-electron chi connectivity index (χ2n) is 5.88. The molecule has 1 heterocycles. The molecule has 0 aromatic heterocycles. The average Bonchev–Trinajstić information content (AvgIpc) is 2.46. The fourth-order valence-electron chi connectivity index (χ4n) is 3.11. The highest BCUT2D eigenvalue weighted by Crippen LogP contribution is 2.42. The number of β-amino-alcohol motifs (C(OH)–C–C–N with tert-alkyl or cyclic N) is 1. The van der Waals surface area contributed by atoms with Crippen LogP contribution in [-0.4, -0.2) is 29.1 Å². The van der Waals surface area contributed by atoms with Gasteiger partial charge in [0, 0.05) is 11.6 Å². The van der Waals surface area contributed by atoms with Crippen LogP contribution in [0.1, 0.15) is 37.8 Å². The number of rotatable bonds is 5. The first-order valence-corrected chi connectivity index (χ1v) is 7.68. The van der Waals surface area contributed by atoms with Gasteiger partial charge >= 0.3 is 0 Å². The van der Waals surface area contributed by atoms with Crippen molar-refractivity contribution >= 4 is 17.5 Å². The molecule has 0 aliphatic carbocycles. The van der Waals surface area contributed by atoms with Crippen LogP contribution in [0.15, 0.2) is 36.9 Å². The summed E-state index contributed by atoms with van der Waals surface area (Å²) in [7, 11) is 0. The van der Waals surface area contributed by atoms with E-state index in [4.69, 9.17) is 11.6 Å². The minimum absolute atomic E-state index is 0.0137. The number of halogens is 1. The second kappa shape index (κ2) is 6.63. The molecule has 1 aromatic rings. The Morgan fingerprint density at radius 2 is 2.14 bits per heavy atom. The van der Waals surface area contributed by atoms with E-state index in [1.54, 1.807) is 11.0 Å². The molecular weight excluding hydrogens is 286 g/mol. The molecule has 2 atom stereocenters. The smallest absolute Gasteiger partial charge is 0.229 e. The van der Waals surface area contributed by atoms with E-state index in [1.165, 1.54) is 0 Å². The Bertz CT molecular complexity index is 514. The standard InChI is InChI=1S/C17H22ClNO2/c1-3-9-17(2)10-8-15(19(11-12-20)16(17)21)13-4-6-14(18)7-5-13/h3-7,15,20H,1,8-12H2,2H3/t15?,17-/m0/s1. The quantitative estimate of drug-likeness (QED) is 0.845. The van der Waals surface area contributed by atoms with Gasteiger partial charge in [0.2, 0.25) is 5.91 Å². The Balaban J connectivity index is 2.29. The third kappa shape index (κ3) is 3.30. The maximum atomic E-state index is 12.8. The molecule has 1 aliphatic heterocycles. The van der Waals surface area contributed by atoms with Gasteiger partial charge in [-0.3, -0.25) is 4.79 Å². The number of hydrogen-bond acceptors (Lipinski definition) is 2. The second-order valence-corrected chi connectivity index (χ2v) is 6.32. The van der Waals surface area contributed by atoms with Crippen LogP contribution in [0.4, 0.5) is 0 Å². The first-order chi connectivity index (χ1) is 10.0. The van der Waals surface area contributed by atoms with E-state index < -0.39 is 5.41 Å². The van der Waals surface area contributed by atoms with Crippen molar-refractivity contribution in [3.8, 4) is 0 Å². The lowest BCUT2D eigenvalue weighted by Gasteiger charge is -2.44. The fourth-order valence-corrected chi connectivity index (χ4v) is 3.24. The number of amides is 1. The molecule has 3 nitrogen and oxygen atoms in total. The number of allylic oxidation sites excluding steroid dienone is 1. The summed E-state index contributed by atoms with van der Waals surface area (Å²) in [5.74, 6) is 0.0997. The number of piperidine rings is 1. The molecule has 1 N–H and O–H groups in total. The summed E-state index contributed by atoms with van der Waals surface area (Å²) < 4.78 is 0. The number of carbonyl (C=O) groups excluding carboxylic acids is 1. The zero-order chi connectivity index (χ0) is 15.5. The normalized spacial score (nSPS) is 26.0. The molecule has 1 fully saturated rings. The summed E-state index contributed by atoms with van der Waals surface area (Å²) in [5.41, 5.74) is 0.668. The van der Waals surface area contributed by atoms with E-state index >= 15 is 0 Å². The third-order valence-electron chi connectivity index (χ3n) is 4.31.